The highest BCUT2D eigenvalue weighted by Gasteiger charge is 2.15. The smallest absolute Gasteiger partial charge is 0.244 e. The van der Waals surface area contributed by atoms with Gasteiger partial charge in [0.05, 0.1) is 6.04 Å². The maximum atomic E-state index is 11.7. The van der Waals surface area contributed by atoms with E-state index in [1.807, 2.05) is 0 Å². The second-order valence-electron chi connectivity index (χ2n) is 4.09. The first-order valence-electron chi connectivity index (χ1n) is 6.28. The van der Waals surface area contributed by atoms with Gasteiger partial charge in [0.1, 0.15) is 0 Å². The van der Waals surface area contributed by atoms with Crippen molar-refractivity contribution >= 4 is 41.1 Å². The molecule has 1 aliphatic heterocycles. The standard InChI is InChI=1S/C13H18N2O3S2/c1-2-12(17)14-8-10-7-11(16)3-5-19-9-20-6-4-13(18)15-10/h3-6,10H,2,7-9H2,1H3,(H,14,17)(H,15,18). The lowest BCUT2D eigenvalue weighted by Crippen LogP contribution is -2.44. The minimum Gasteiger partial charge on any atom is -0.354 e. The van der Waals surface area contributed by atoms with Crippen LogP contribution in [0.15, 0.2) is 23.0 Å². The van der Waals surface area contributed by atoms with Gasteiger partial charge in [0, 0.05) is 30.5 Å². The quantitative estimate of drug-likeness (QED) is 0.824. The van der Waals surface area contributed by atoms with Crippen LogP contribution in [0.4, 0.5) is 0 Å². The topological polar surface area (TPSA) is 75.3 Å². The Labute approximate surface area is 127 Å². The molecule has 0 spiro atoms. The van der Waals surface area contributed by atoms with E-state index < -0.39 is 6.04 Å². The van der Waals surface area contributed by atoms with Crippen LogP contribution in [-0.2, 0) is 14.4 Å². The van der Waals surface area contributed by atoms with Crippen LogP contribution < -0.4 is 10.6 Å². The second kappa shape index (κ2) is 9.66. The van der Waals surface area contributed by atoms with Crippen LogP contribution >= 0.6 is 23.5 Å². The van der Waals surface area contributed by atoms with Crippen molar-refractivity contribution in [3.05, 3.63) is 23.0 Å². The molecule has 20 heavy (non-hydrogen) atoms. The van der Waals surface area contributed by atoms with E-state index in [1.165, 1.54) is 35.7 Å². The van der Waals surface area contributed by atoms with Crippen molar-refractivity contribution in [1.29, 1.82) is 0 Å². The first kappa shape index (κ1) is 16.8. The Morgan fingerprint density at radius 1 is 1.35 bits per heavy atom. The third-order valence-electron chi connectivity index (χ3n) is 2.46. The third kappa shape index (κ3) is 7.40. The van der Waals surface area contributed by atoms with Gasteiger partial charge in [-0.15, -0.1) is 23.5 Å². The van der Waals surface area contributed by atoms with Gasteiger partial charge in [0.25, 0.3) is 0 Å². The van der Waals surface area contributed by atoms with E-state index in [4.69, 9.17) is 0 Å². The normalized spacial score (nSPS) is 20.8. The summed E-state index contributed by atoms with van der Waals surface area (Å²) in [6.45, 7) is 2.01. The number of rotatable bonds is 3. The molecule has 1 aliphatic rings. The summed E-state index contributed by atoms with van der Waals surface area (Å²) in [7, 11) is 0. The summed E-state index contributed by atoms with van der Waals surface area (Å²) in [5, 5.41) is 9.66. The summed E-state index contributed by atoms with van der Waals surface area (Å²) in [5.41, 5.74) is 0. The molecule has 0 saturated heterocycles. The van der Waals surface area contributed by atoms with Crippen molar-refractivity contribution in [3.8, 4) is 0 Å². The van der Waals surface area contributed by atoms with Gasteiger partial charge in [0.2, 0.25) is 11.8 Å². The molecule has 110 valence electrons. The molecule has 0 radical (unpaired) electrons. The highest BCUT2D eigenvalue weighted by Crippen LogP contribution is 2.14. The number of hydrogen-bond donors (Lipinski definition) is 2. The Balaban J connectivity index is 2.64. The van der Waals surface area contributed by atoms with Crippen LogP contribution in [0, 0.1) is 0 Å². The summed E-state index contributed by atoms with van der Waals surface area (Å²) >= 11 is 2.99. The molecule has 1 rings (SSSR count). The minimum absolute atomic E-state index is 0.0666. The number of ketones is 1. The molecule has 0 aliphatic carbocycles. The Morgan fingerprint density at radius 2 is 2.05 bits per heavy atom. The first-order valence-corrected chi connectivity index (χ1v) is 8.38. The number of carbonyl (C=O) groups is 3. The largest absolute Gasteiger partial charge is 0.354 e. The van der Waals surface area contributed by atoms with Crippen LogP contribution in [0.25, 0.3) is 0 Å². The molecule has 0 aromatic rings. The molecule has 0 fully saturated rings. The molecule has 0 saturated carbocycles. The van der Waals surface area contributed by atoms with Crippen molar-refractivity contribution in [2.75, 3.05) is 11.6 Å². The Kier molecular flexibility index (Phi) is 8.13. The minimum atomic E-state index is -0.394. The monoisotopic (exact) mass is 314 g/mol. The number of carbonyl (C=O) groups excluding carboxylic acids is 3. The van der Waals surface area contributed by atoms with Gasteiger partial charge in [-0.1, -0.05) is 6.92 Å². The summed E-state index contributed by atoms with van der Waals surface area (Å²) in [6, 6.07) is -0.394. The fourth-order valence-corrected chi connectivity index (χ4v) is 2.86. The van der Waals surface area contributed by atoms with E-state index >= 15 is 0 Å². The molecule has 0 aromatic carbocycles. The van der Waals surface area contributed by atoms with E-state index in [0.29, 0.717) is 6.42 Å². The lowest BCUT2D eigenvalue weighted by atomic mass is 10.1. The predicted octanol–water partition coefficient (Wildman–Crippen LogP) is 1.42. The highest BCUT2D eigenvalue weighted by atomic mass is 32.2. The number of nitrogens with one attached hydrogen (secondary N) is 2. The van der Waals surface area contributed by atoms with E-state index in [9.17, 15) is 14.4 Å². The molecule has 7 heteroatoms. The number of thioether (sulfide) groups is 2. The molecule has 2 N–H and O–H groups in total. The molecule has 0 aromatic heterocycles. The summed E-state index contributed by atoms with van der Waals surface area (Å²) < 4.78 is 0. The SMILES string of the molecule is CCC(=O)NCC1CC(=O)C=CSCSC=CC(=O)N1. The van der Waals surface area contributed by atoms with Gasteiger partial charge < -0.3 is 10.6 Å². The van der Waals surface area contributed by atoms with Crippen molar-refractivity contribution < 1.29 is 14.4 Å². The van der Waals surface area contributed by atoms with E-state index in [0.717, 1.165) is 5.08 Å². The lowest BCUT2D eigenvalue weighted by Gasteiger charge is -2.17. The lowest BCUT2D eigenvalue weighted by molar-refractivity contribution is -0.122. The zero-order valence-corrected chi connectivity index (χ0v) is 12.9. The van der Waals surface area contributed by atoms with Crippen molar-refractivity contribution in [2.24, 2.45) is 0 Å². The fourth-order valence-electron chi connectivity index (χ4n) is 1.45. The second-order valence-corrected chi connectivity index (χ2v) is 6.24. The molecule has 1 heterocycles. The zero-order chi connectivity index (χ0) is 14.8. The maximum Gasteiger partial charge on any atom is 0.244 e. The Hall–Kier alpha value is -1.21. The number of amides is 2. The van der Waals surface area contributed by atoms with Gasteiger partial charge in [0.15, 0.2) is 5.78 Å². The average Bonchev–Trinajstić information content (AvgIpc) is 2.41. The van der Waals surface area contributed by atoms with Crippen molar-refractivity contribution in [2.45, 2.75) is 25.8 Å². The van der Waals surface area contributed by atoms with Crippen LogP contribution in [0.1, 0.15) is 19.8 Å². The molecular formula is C13H18N2O3S2. The first-order chi connectivity index (χ1) is 9.61. The molecule has 1 unspecified atom stereocenters. The van der Waals surface area contributed by atoms with Crippen LogP contribution in [0.3, 0.4) is 0 Å². The van der Waals surface area contributed by atoms with Gasteiger partial charge in [-0.05, 0) is 16.9 Å². The van der Waals surface area contributed by atoms with Crippen molar-refractivity contribution in [1.82, 2.24) is 10.6 Å². The van der Waals surface area contributed by atoms with E-state index in [2.05, 4.69) is 10.6 Å². The molecular weight excluding hydrogens is 296 g/mol. The van der Waals surface area contributed by atoms with Gasteiger partial charge in [-0.25, -0.2) is 0 Å². The summed E-state index contributed by atoms with van der Waals surface area (Å²) in [4.78, 5) is 34.7. The average molecular weight is 314 g/mol. The van der Waals surface area contributed by atoms with E-state index in [-0.39, 0.29) is 30.6 Å². The third-order valence-corrected chi connectivity index (χ3v) is 4.21. The van der Waals surface area contributed by atoms with Gasteiger partial charge in [-0.3, -0.25) is 14.4 Å². The van der Waals surface area contributed by atoms with Gasteiger partial charge in [-0.2, -0.15) is 0 Å². The van der Waals surface area contributed by atoms with E-state index in [1.54, 1.807) is 17.7 Å². The molecule has 5 nitrogen and oxygen atoms in total. The van der Waals surface area contributed by atoms with Crippen molar-refractivity contribution in [3.63, 3.8) is 0 Å². The van der Waals surface area contributed by atoms with Gasteiger partial charge >= 0.3 is 0 Å². The van der Waals surface area contributed by atoms with Crippen LogP contribution in [0.5, 0.6) is 0 Å². The Bertz CT molecular complexity index is 394. The zero-order valence-electron chi connectivity index (χ0n) is 11.3. The van der Waals surface area contributed by atoms with Crippen LogP contribution in [0.2, 0.25) is 0 Å². The number of hydrogen-bond acceptors (Lipinski definition) is 5. The maximum absolute atomic E-state index is 11.7. The summed E-state index contributed by atoms with van der Waals surface area (Å²) in [6.07, 6.45) is 3.50. The Morgan fingerprint density at radius 3 is 2.75 bits per heavy atom. The number of allylic oxidation sites excluding steroid dienone is 1. The fraction of sp³-hybridized carbons (Fsp3) is 0.462. The molecule has 0 bridgehead atoms. The summed E-state index contributed by atoms with van der Waals surface area (Å²) in [5.74, 6) is -0.422. The predicted molar refractivity (Wildman–Crippen MR) is 83.2 cm³/mol. The highest BCUT2D eigenvalue weighted by molar-refractivity contribution is 8.18. The van der Waals surface area contributed by atoms with Crippen LogP contribution in [-0.4, -0.2) is 35.3 Å². The molecule has 2 amide bonds. The molecule has 1 atom stereocenters.